The Balaban J connectivity index is 0. The van der Waals surface area contributed by atoms with Crippen molar-refractivity contribution in [2.75, 3.05) is 5.88 Å². The maximum absolute atomic E-state index is 11.5. The molecule has 90 valence electrons. The van der Waals surface area contributed by atoms with Crippen LogP contribution in [-0.2, 0) is 9.84 Å². The van der Waals surface area contributed by atoms with Gasteiger partial charge in [-0.2, -0.15) is 0 Å². The first kappa shape index (κ1) is 17.5. The number of sulfone groups is 1. The molecule has 16 heavy (non-hydrogen) atoms. The molecule has 1 N–H and O–H groups in total. The van der Waals surface area contributed by atoms with Crippen molar-refractivity contribution < 1.29 is 8.42 Å². The molecule has 0 spiro atoms. The number of rotatable bonds is 3. The standard InChI is InChI=1S/C9H10N2O2S.2ClH/c1-8-2-4-9(5-3-8)14(12,13)7-11-6-10;;/h2-5,10H,7H2,1H3;2*1H. The Bertz CT molecular complexity index is 465. The summed E-state index contributed by atoms with van der Waals surface area (Å²) in [5.41, 5.74) is 1.000. The van der Waals surface area contributed by atoms with Crippen LogP contribution in [0.25, 0.3) is 0 Å². The molecule has 0 fully saturated rings. The predicted octanol–water partition coefficient (Wildman–Crippen LogP) is 2.32. The van der Waals surface area contributed by atoms with Crippen molar-refractivity contribution in [3.63, 3.8) is 0 Å². The topological polar surface area (TPSA) is 70.3 Å². The van der Waals surface area contributed by atoms with Gasteiger partial charge in [0.2, 0.25) is 0 Å². The van der Waals surface area contributed by atoms with Crippen LogP contribution in [0.1, 0.15) is 5.56 Å². The average molecular weight is 283 g/mol. The van der Waals surface area contributed by atoms with Gasteiger partial charge in [-0.15, -0.1) is 24.8 Å². The summed E-state index contributed by atoms with van der Waals surface area (Å²) >= 11 is 0. The summed E-state index contributed by atoms with van der Waals surface area (Å²) in [5, 5.41) is 6.50. The van der Waals surface area contributed by atoms with Crippen molar-refractivity contribution in [2.45, 2.75) is 11.8 Å². The van der Waals surface area contributed by atoms with Crippen LogP contribution in [0.3, 0.4) is 0 Å². The SMILES string of the molecule is Cc1ccc(S(=O)(=O)CN=C=N)cc1.Cl.Cl. The quantitative estimate of drug-likeness (QED) is 0.865. The molecule has 7 heteroatoms. The van der Waals surface area contributed by atoms with E-state index >= 15 is 0 Å². The number of aryl methyl sites for hydroxylation is 1. The third-order valence-corrected chi connectivity index (χ3v) is 3.15. The van der Waals surface area contributed by atoms with Crippen LogP contribution >= 0.6 is 24.8 Å². The third-order valence-electron chi connectivity index (χ3n) is 1.69. The van der Waals surface area contributed by atoms with Gasteiger partial charge in [0.25, 0.3) is 0 Å². The Hall–Kier alpha value is -0.870. The monoisotopic (exact) mass is 282 g/mol. The van der Waals surface area contributed by atoms with Crippen molar-refractivity contribution in [3.8, 4) is 0 Å². The van der Waals surface area contributed by atoms with E-state index in [1.807, 2.05) is 6.92 Å². The Morgan fingerprint density at radius 2 is 1.75 bits per heavy atom. The maximum atomic E-state index is 11.5. The maximum Gasteiger partial charge on any atom is 0.199 e. The number of benzene rings is 1. The summed E-state index contributed by atoms with van der Waals surface area (Å²) in [6.07, 6.45) is 0. The molecular formula is C9H12Cl2N2O2S. The van der Waals surface area contributed by atoms with Gasteiger partial charge in [-0.25, -0.2) is 18.8 Å². The first-order valence-corrected chi connectivity index (χ1v) is 5.59. The summed E-state index contributed by atoms with van der Waals surface area (Å²) in [5.74, 6) is -0.417. The van der Waals surface area contributed by atoms with Gasteiger partial charge < -0.3 is 0 Å². The molecule has 1 aromatic rings. The molecule has 4 nitrogen and oxygen atoms in total. The van der Waals surface area contributed by atoms with Crippen LogP contribution in [0.15, 0.2) is 34.2 Å². The summed E-state index contributed by atoms with van der Waals surface area (Å²) in [6, 6.07) is 8.21. The summed E-state index contributed by atoms with van der Waals surface area (Å²) < 4.78 is 23.0. The second-order valence-corrected chi connectivity index (χ2v) is 4.79. The van der Waals surface area contributed by atoms with Crippen molar-refractivity contribution in [2.24, 2.45) is 4.99 Å². The Morgan fingerprint density at radius 3 is 2.19 bits per heavy atom. The third kappa shape index (κ3) is 4.77. The molecule has 0 aliphatic carbocycles. The molecule has 0 aliphatic rings. The van der Waals surface area contributed by atoms with Crippen LogP contribution in [0.4, 0.5) is 0 Å². The van der Waals surface area contributed by atoms with Crippen molar-refractivity contribution in [1.82, 2.24) is 0 Å². The number of nitrogens with zero attached hydrogens (tertiary/aromatic N) is 1. The molecule has 0 amide bonds. The van der Waals surface area contributed by atoms with Crippen LogP contribution in [0.5, 0.6) is 0 Å². The predicted molar refractivity (Wildman–Crippen MR) is 67.9 cm³/mol. The largest absolute Gasteiger partial charge is 0.242 e. The molecule has 0 aliphatic heterocycles. The minimum absolute atomic E-state index is 0. The summed E-state index contributed by atoms with van der Waals surface area (Å²) in [4.78, 5) is 3.50. The van der Waals surface area contributed by atoms with E-state index in [9.17, 15) is 8.42 Å². The van der Waals surface area contributed by atoms with Crippen LogP contribution in [-0.4, -0.2) is 20.3 Å². The van der Waals surface area contributed by atoms with E-state index in [4.69, 9.17) is 5.41 Å². The molecule has 0 atom stereocenters. The number of hydrogen-bond donors (Lipinski definition) is 1. The van der Waals surface area contributed by atoms with Gasteiger partial charge in [-0.3, -0.25) is 0 Å². The van der Waals surface area contributed by atoms with Crippen LogP contribution in [0.2, 0.25) is 0 Å². The number of nitrogens with one attached hydrogen (secondary N) is 1. The zero-order valence-electron chi connectivity index (χ0n) is 8.50. The Morgan fingerprint density at radius 1 is 1.25 bits per heavy atom. The second kappa shape index (κ2) is 7.41. The molecule has 0 saturated heterocycles. The molecule has 0 radical (unpaired) electrons. The average Bonchev–Trinajstić information content (AvgIpc) is 2.16. The highest BCUT2D eigenvalue weighted by atomic mass is 35.5. The van der Waals surface area contributed by atoms with Gasteiger partial charge in [-0.1, -0.05) is 17.7 Å². The highest BCUT2D eigenvalue weighted by Gasteiger charge is 2.12. The van der Waals surface area contributed by atoms with Gasteiger partial charge in [-0.05, 0) is 19.1 Å². The Kier molecular flexibility index (Phi) is 8.12. The minimum Gasteiger partial charge on any atom is -0.242 e. The lowest BCUT2D eigenvalue weighted by Gasteiger charge is -2.00. The van der Waals surface area contributed by atoms with Gasteiger partial charge in [0.05, 0.1) is 10.9 Å². The fraction of sp³-hybridized carbons (Fsp3) is 0.222. The van der Waals surface area contributed by atoms with Gasteiger partial charge in [0, 0.05) is 0 Å². The minimum atomic E-state index is -3.39. The number of aliphatic imine (C=N–C) groups is 1. The van der Waals surface area contributed by atoms with E-state index in [1.165, 1.54) is 12.1 Å². The van der Waals surface area contributed by atoms with E-state index in [2.05, 4.69) is 4.99 Å². The zero-order valence-corrected chi connectivity index (χ0v) is 11.0. The van der Waals surface area contributed by atoms with E-state index in [0.717, 1.165) is 5.56 Å². The van der Waals surface area contributed by atoms with E-state index in [0.29, 0.717) is 0 Å². The van der Waals surface area contributed by atoms with Crippen molar-refractivity contribution >= 4 is 40.7 Å². The Labute approximate surface area is 107 Å². The fourth-order valence-corrected chi connectivity index (χ4v) is 1.87. The number of hydrogen-bond acceptors (Lipinski definition) is 4. The second-order valence-electron chi connectivity index (χ2n) is 2.83. The summed E-state index contributed by atoms with van der Waals surface area (Å²) in [6.45, 7) is 1.88. The van der Waals surface area contributed by atoms with Gasteiger partial charge >= 0.3 is 0 Å². The van der Waals surface area contributed by atoms with E-state index in [1.54, 1.807) is 18.1 Å². The van der Waals surface area contributed by atoms with Crippen LogP contribution < -0.4 is 0 Å². The lowest BCUT2D eigenvalue weighted by Crippen LogP contribution is -2.04. The fourth-order valence-electron chi connectivity index (χ4n) is 0.937. The first-order chi connectivity index (χ1) is 6.56. The number of halogens is 2. The van der Waals surface area contributed by atoms with Gasteiger partial charge in [0.15, 0.2) is 15.7 Å². The smallest absolute Gasteiger partial charge is 0.199 e. The highest BCUT2D eigenvalue weighted by molar-refractivity contribution is 7.91. The van der Waals surface area contributed by atoms with E-state index < -0.39 is 15.7 Å². The molecule has 0 aromatic heterocycles. The lowest BCUT2D eigenvalue weighted by atomic mass is 10.2. The van der Waals surface area contributed by atoms with Crippen molar-refractivity contribution in [1.29, 1.82) is 5.41 Å². The molecule has 1 rings (SSSR count). The molecule has 0 unspecified atom stereocenters. The molecule has 1 aromatic carbocycles. The zero-order chi connectivity index (χ0) is 10.6. The normalized spacial score (nSPS) is 9.31. The molecule has 0 heterocycles. The van der Waals surface area contributed by atoms with Gasteiger partial charge in [0.1, 0.15) is 0 Å². The van der Waals surface area contributed by atoms with Crippen LogP contribution in [0, 0.1) is 12.3 Å². The molecular weight excluding hydrogens is 271 g/mol. The summed E-state index contributed by atoms with van der Waals surface area (Å²) in [7, 11) is -3.39. The highest BCUT2D eigenvalue weighted by Crippen LogP contribution is 2.11. The molecule has 0 saturated carbocycles. The van der Waals surface area contributed by atoms with Crippen molar-refractivity contribution in [3.05, 3.63) is 29.8 Å². The lowest BCUT2D eigenvalue weighted by molar-refractivity contribution is 0.596. The van der Waals surface area contributed by atoms with E-state index in [-0.39, 0.29) is 29.7 Å². The molecule has 0 bridgehead atoms. The first-order valence-electron chi connectivity index (χ1n) is 3.94.